The van der Waals surface area contributed by atoms with Gasteiger partial charge in [0.25, 0.3) is 0 Å². The van der Waals surface area contributed by atoms with Crippen molar-refractivity contribution in [3.63, 3.8) is 0 Å². The zero-order valence-corrected chi connectivity index (χ0v) is 10.0. The van der Waals surface area contributed by atoms with Crippen LogP contribution in [0.5, 0.6) is 0 Å². The van der Waals surface area contributed by atoms with E-state index < -0.39 is 0 Å². The van der Waals surface area contributed by atoms with Crippen LogP contribution in [0, 0.1) is 17.7 Å². The lowest BCUT2D eigenvalue weighted by Crippen LogP contribution is -2.20. The maximum atomic E-state index is 13.0. The molecule has 0 heterocycles. The average Bonchev–Trinajstić information content (AvgIpc) is 2.71. The van der Waals surface area contributed by atoms with E-state index in [4.69, 9.17) is 17.3 Å². The highest BCUT2D eigenvalue weighted by molar-refractivity contribution is 6.30. The van der Waals surface area contributed by atoms with Crippen LogP contribution in [0.2, 0.25) is 5.02 Å². The van der Waals surface area contributed by atoms with E-state index in [1.807, 2.05) is 6.07 Å². The summed E-state index contributed by atoms with van der Waals surface area (Å²) in [5.41, 5.74) is 6.87. The second kappa shape index (κ2) is 5.15. The lowest BCUT2D eigenvalue weighted by Gasteiger charge is -2.17. The molecular formula is C13H17ClFN. The first kappa shape index (κ1) is 11.9. The molecule has 1 aromatic carbocycles. The minimum Gasteiger partial charge on any atom is -0.330 e. The van der Waals surface area contributed by atoms with E-state index in [2.05, 4.69) is 0 Å². The number of halogens is 2. The van der Waals surface area contributed by atoms with Gasteiger partial charge >= 0.3 is 0 Å². The third-order valence-corrected chi connectivity index (χ3v) is 3.89. The zero-order chi connectivity index (χ0) is 11.5. The fourth-order valence-corrected chi connectivity index (χ4v) is 2.87. The molecule has 1 nitrogen and oxygen atoms in total. The van der Waals surface area contributed by atoms with Gasteiger partial charge in [0.1, 0.15) is 5.82 Å². The number of hydrogen-bond acceptors (Lipinski definition) is 1. The topological polar surface area (TPSA) is 26.0 Å². The average molecular weight is 242 g/mol. The minimum atomic E-state index is -0.341. The molecule has 1 aliphatic carbocycles. The minimum absolute atomic E-state index is 0.222. The Morgan fingerprint density at radius 2 is 2.06 bits per heavy atom. The maximum absolute atomic E-state index is 13.0. The van der Waals surface area contributed by atoms with Crippen molar-refractivity contribution in [1.82, 2.24) is 0 Å². The maximum Gasteiger partial charge on any atom is 0.141 e. The second-order valence-electron chi connectivity index (χ2n) is 4.64. The van der Waals surface area contributed by atoms with Gasteiger partial charge in [-0.3, -0.25) is 0 Å². The SMILES string of the molecule is NCC1CCCC1Cc1ccc(F)c(Cl)c1. The molecule has 0 bridgehead atoms. The summed E-state index contributed by atoms with van der Waals surface area (Å²) in [6.07, 6.45) is 4.70. The first-order valence-corrected chi connectivity index (χ1v) is 6.22. The summed E-state index contributed by atoms with van der Waals surface area (Å²) in [6, 6.07) is 5.01. The van der Waals surface area contributed by atoms with E-state index in [0.717, 1.165) is 18.5 Å². The van der Waals surface area contributed by atoms with Gasteiger partial charge in [-0.2, -0.15) is 0 Å². The number of benzene rings is 1. The molecule has 1 aliphatic rings. The van der Waals surface area contributed by atoms with Gasteiger partial charge < -0.3 is 5.73 Å². The van der Waals surface area contributed by atoms with Crippen molar-refractivity contribution in [3.8, 4) is 0 Å². The molecule has 3 heteroatoms. The summed E-state index contributed by atoms with van der Waals surface area (Å²) in [5, 5.41) is 0.222. The van der Waals surface area contributed by atoms with Gasteiger partial charge in [-0.15, -0.1) is 0 Å². The lowest BCUT2D eigenvalue weighted by atomic mass is 9.90. The molecule has 16 heavy (non-hydrogen) atoms. The van der Waals surface area contributed by atoms with Crippen molar-refractivity contribution in [2.75, 3.05) is 6.54 Å². The van der Waals surface area contributed by atoms with Crippen LogP contribution in [0.3, 0.4) is 0 Å². The highest BCUT2D eigenvalue weighted by atomic mass is 35.5. The van der Waals surface area contributed by atoms with E-state index in [1.165, 1.54) is 25.3 Å². The number of nitrogens with two attached hydrogens (primary N) is 1. The smallest absolute Gasteiger partial charge is 0.141 e. The molecule has 2 N–H and O–H groups in total. The molecule has 2 rings (SSSR count). The Bertz CT molecular complexity index is 367. The number of rotatable bonds is 3. The van der Waals surface area contributed by atoms with Crippen LogP contribution in [0.15, 0.2) is 18.2 Å². The van der Waals surface area contributed by atoms with Crippen molar-refractivity contribution >= 4 is 11.6 Å². The predicted octanol–water partition coefficient (Wildman–Crippen LogP) is 3.40. The highest BCUT2D eigenvalue weighted by Crippen LogP contribution is 2.34. The third-order valence-electron chi connectivity index (χ3n) is 3.60. The van der Waals surface area contributed by atoms with E-state index in [-0.39, 0.29) is 10.8 Å². The monoisotopic (exact) mass is 241 g/mol. The molecule has 1 aromatic rings. The van der Waals surface area contributed by atoms with Gasteiger partial charge in [0, 0.05) is 0 Å². The summed E-state index contributed by atoms with van der Waals surface area (Å²) in [4.78, 5) is 0. The zero-order valence-electron chi connectivity index (χ0n) is 9.26. The Morgan fingerprint density at radius 3 is 2.75 bits per heavy atom. The van der Waals surface area contributed by atoms with Crippen LogP contribution in [-0.4, -0.2) is 6.54 Å². The summed E-state index contributed by atoms with van der Waals surface area (Å²) in [7, 11) is 0. The van der Waals surface area contributed by atoms with Gasteiger partial charge in [0.15, 0.2) is 0 Å². The van der Waals surface area contributed by atoms with E-state index in [1.54, 1.807) is 6.07 Å². The van der Waals surface area contributed by atoms with Crippen LogP contribution >= 0.6 is 11.6 Å². The van der Waals surface area contributed by atoms with E-state index in [0.29, 0.717) is 11.8 Å². The van der Waals surface area contributed by atoms with Crippen LogP contribution < -0.4 is 5.73 Å². The molecular weight excluding hydrogens is 225 g/mol. The Labute approximate surface area is 101 Å². The van der Waals surface area contributed by atoms with Crippen molar-refractivity contribution in [1.29, 1.82) is 0 Å². The normalized spacial score (nSPS) is 24.9. The Morgan fingerprint density at radius 1 is 1.31 bits per heavy atom. The quantitative estimate of drug-likeness (QED) is 0.863. The summed E-state index contributed by atoms with van der Waals surface area (Å²) in [5.74, 6) is 0.933. The fourth-order valence-electron chi connectivity index (χ4n) is 2.66. The van der Waals surface area contributed by atoms with Crippen molar-refractivity contribution < 1.29 is 4.39 Å². The lowest BCUT2D eigenvalue weighted by molar-refractivity contribution is 0.394. The molecule has 1 fully saturated rings. The Hall–Kier alpha value is -0.600. The molecule has 88 valence electrons. The Kier molecular flexibility index (Phi) is 3.82. The molecule has 0 aromatic heterocycles. The van der Waals surface area contributed by atoms with Gasteiger partial charge in [0.05, 0.1) is 5.02 Å². The van der Waals surface area contributed by atoms with Gasteiger partial charge in [-0.25, -0.2) is 4.39 Å². The summed E-state index contributed by atoms with van der Waals surface area (Å²) in [6.45, 7) is 0.763. The van der Waals surface area contributed by atoms with Gasteiger partial charge in [-0.1, -0.05) is 24.1 Å². The summed E-state index contributed by atoms with van der Waals surface area (Å²) < 4.78 is 13.0. The largest absolute Gasteiger partial charge is 0.330 e. The molecule has 0 saturated heterocycles. The molecule has 1 saturated carbocycles. The van der Waals surface area contributed by atoms with Crippen LogP contribution in [-0.2, 0) is 6.42 Å². The standard InChI is InChI=1S/C13H17ClFN/c14-12-7-9(4-5-13(12)15)6-10-2-1-3-11(10)8-16/h4-5,7,10-11H,1-3,6,8,16H2. The van der Waals surface area contributed by atoms with E-state index >= 15 is 0 Å². The predicted molar refractivity (Wildman–Crippen MR) is 65.0 cm³/mol. The van der Waals surface area contributed by atoms with Crippen molar-refractivity contribution in [2.24, 2.45) is 17.6 Å². The van der Waals surface area contributed by atoms with Crippen molar-refractivity contribution in [2.45, 2.75) is 25.7 Å². The summed E-state index contributed by atoms with van der Waals surface area (Å²) >= 11 is 5.77. The van der Waals surface area contributed by atoms with Crippen LogP contribution in [0.25, 0.3) is 0 Å². The molecule has 0 aliphatic heterocycles. The molecule has 0 amide bonds. The molecule has 2 atom stereocenters. The first-order chi connectivity index (χ1) is 7.70. The second-order valence-corrected chi connectivity index (χ2v) is 5.05. The van der Waals surface area contributed by atoms with Gasteiger partial charge in [0.2, 0.25) is 0 Å². The van der Waals surface area contributed by atoms with Crippen LogP contribution in [0.4, 0.5) is 4.39 Å². The fraction of sp³-hybridized carbons (Fsp3) is 0.538. The van der Waals surface area contributed by atoms with Gasteiger partial charge in [-0.05, 0) is 55.3 Å². The molecule has 0 radical (unpaired) electrons. The first-order valence-electron chi connectivity index (χ1n) is 5.84. The number of hydrogen-bond donors (Lipinski definition) is 1. The van der Waals surface area contributed by atoms with Crippen molar-refractivity contribution in [3.05, 3.63) is 34.6 Å². The molecule has 0 spiro atoms. The molecule has 2 unspecified atom stereocenters. The van der Waals surface area contributed by atoms with E-state index in [9.17, 15) is 4.39 Å². The Balaban J connectivity index is 2.05. The third kappa shape index (κ3) is 2.55. The van der Waals surface area contributed by atoms with Crippen LogP contribution in [0.1, 0.15) is 24.8 Å². The highest BCUT2D eigenvalue weighted by Gasteiger charge is 2.26.